The van der Waals surface area contributed by atoms with Crippen molar-refractivity contribution < 1.29 is 9.21 Å². The van der Waals surface area contributed by atoms with E-state index in [1.807, 2.05) is 13.8 Å². The fourth-order valence-electron chi connectivity index (χ4n) is 2.36. The molecule has 1 aliphatic rings. The minimum absolute atomic E-state index is 0.100. The number of nitrogens with one attached hydrogen (secondary N) is 2. The summed E-state index contributed by atoms with van der Waals surface area (Å²) in [6.07, 6.45) is 1.76. The Balaban J connectivity index is 1.95. The number of amides is 1. The lowest BCUT2D eigenvalue weighted by atomic mass is 9.83. The zero-order valence-corrected chi connectivity index (χ0v) is 11.3. The molecule has 2 heterocycles. The van der Waals surface area contributed by atoms with Crippen LogP contribution in [0.5, 0.6) is 0 Å². The molecule has 18 heavy (non-hydrogen) atoms. The van der Waals surface area contributed by atoms with Crippen molar-refractivity contribution in [3.63, 3.8) is 0 Å². The van der Waals surface area contributed by atoms with E-state index in [-0.39, 0.29) is 11.3 Å². The maximum absolute atomic E-state index is 12.2. The average Bonchev–Trinajstić information content (AvgIpc) is 2.95. The summed E-state index contributed by atoms with van der Waals surface area (Å²) in [5.41, 5.74) is 0.628. The van der Waals surface area contributed by atoms with Gasteiger partial charge in [-0.3, -0.25) is 4.79 Å². The first-order valence-electron chi connectivity index (χ1n) is 6.49. The molecule has 1 fully saturated rings. The van der Waals surface area contributed by atoms with Gasteiger partial charge in [-0.2, -0.15) is 0 Å². The number of rotatable bonds is 4. The van der Waals surface area contributed by atoms with Gasteiger partial charge in [0.15, 0.2) is 0 Å². The van der Waals surface area contributed by atoms with E-state index in [1.54, 1.807) is 0 Å². The maximum atomic E-state index is 12.2. The second kappa shape index (κ2) is 5.10. The zero-order valence-electron chi connectivity index (χ0n) is 11.3. The van der Waals surface area contributed by atoms with Crippen LogP contribution in [0.15, 0.2) is 4.42 Å². The highest BCUT2D eigenvalue weighted by atomic mass is 16.4. The standard InChI is InChI=1S/C13H21N3O2/c1-4-13(5-6-14-8-13)12(17)15-7-11-16-9(2)10(3)18-11/h14H,4-8H2,1-3H3,(H,15,17). The van der Waals surface area contributed by atoms with Crippen LogP contribution in [0.25, 0.3) is 0 Å². The minimum atomic E-state index is -0.253. The van der Waals surface area contributed by atoms with Gasteiger partial charge in [0.25, 0.3) is 0 Å². The van der Waals surface area contributed by atoms with Gasteiger partial charge in [0.1, 0.15) is 5.76 Å². The summed E-state index contributed by atoms with van der Waals surface area (Å²) < 4.78 is 5.45. The van der Waals surface area contributed by atoms with Crippen molar-refractivity contribution in [3.8, 4) is 0 Å². The number of carbonyl (C=O) groups excluding carboxylic acids is 1. The van der Waals surface area contributed by atoms with Crippen LogP contribution in [0.3, 0.4) is 0 Å². The highest BCUT2D eigenvalue weighted by Crippen LogP contribution is 2.29. The largest absolute Gasteiger partial charge is 0.444 e. The molecule has 1 saturated heterocycles. The Kier molecular flexibility index (Phi) is 3.71. The van der Waals surface area contributed by atoms with E-state index in [2.05, 4.69) is 22.5 Å². The predicted octanol–water partition coefficient (Wildman–Crippen LogP) is 1.30. The number of aryl methyl sites for hydroxylation is 2. The normalized spacial score (nSPS) is 23.3. The summed E-state index contributed by atoms with van der Waals surface area (Å²) in [5.74, 6) is 1.49. The van der Waals surface area contributed by atoms with Gasteiger partial charge in [0.05, 0.1) is 17.7 Å². The lowest BCUT2D eigenvalue weighted by Gasteiger charge is -2.24. The molecule has 2 N–H and O–H groups in total. The highest BCUT2D eigenvalue weighted by Gasteiger charge is 2.39. The molecule has 1 aromatic rings. The summed E-state index contributed by atoms with van der Waals surface area (Å²) in [4.78, 5) is 16.5. The van der Waals surface area contributed by atoms with Crippen molar-refractivity contribution in [2.75, 3.05) is 13.1 Å². The molecule has 5 nitrogen and oxygen atoms in total. The number of hydrogen-bond acceptors (Lipinski definition) is 4. The fraction of sp³-hybridized carbons (Fsp3) is 0.692. The van der Waals surface area contributed by atoms with Crippen LogP contribution < -0.4 is 10.6 Å². The van der Waals surface area contributed by atoms with Gasteiger partial charge in [-0.15, -0.1) is 0 Å². The van der Waals surface area contributed by atoms with E-state index in [0.29, 0.717) is 12.4 Å². The van der Waals surface area contributed by atoms with Crippen LogP contribution in [-0.2, 0) is 11.3 Å². The summed E-state index contributed by atoms with van der Waals surface area (Å²) >= 11 is 0. The van der Waals surface area contributed by atoms with E-state index in [9.17, 15) is 4.79 Å². The Labute approximate surface area is 107 Å². The second-order valence-electron chi connectivity index (χ2n) is 4.99. The van der Waals surface area contributed by atoms with Crippen molar-refractivity contribution in [1.29, 1.82) is 0 Å². The first-order chi connectivity index (χ1) is 8.57. The van der Waals surface area contributed by atoms with Gasteiger partial charge in [-0.25, -0.2) is 4.98 Å². The molecule has 1 amide bonds. The van der Waals surface area contributed by atoms with E-state index in [1.165, 1.54) is 0 Å². The molecule has 1 aromatic heterocycles. The Morgan fingerprint density at radius 1 is 1.56 bits per heavy atom. The molecular weight excluding hydrogens is 230 g/mol. The van der Waals surface area contributed by atoms with Crippen LogP contribution in [0.2, 0.25) is 0 Å². The van der Waals surface area contributed by atoms with E-state index in [4.69, 9.17) is 4.42 Å². The maximum Gasteiger partial charge on any atom is 0.227 e. The Morgan fingerprint density at radius 3 is 2.83 bits per heavy atom. The second-order valence-corrected chi connectivity index (χ2v) is 4.99. The van der Waals surface area contributed by atoms with Crippen LogP contribution >= 0.6 is 0 Å². The molecule has 1 aliphatic heterocycles. The van der Waals surface area contributed by atoms with Crippen LogP contribution in [-0.4, -0.2) is 24.0 Å². The van der Waals surface area contributed by atoms with Crippen LogP contribution in [0.1, 0.15) is 37.1 Å². The molecule has 1 atom stereocenters. The lowest BCUT2D eigenvalue weighted by Crippen LogP contribution is -2.41. The van der Waals surface area contributed by atoms with Gasteiger partial charge >= 0.3 is 0 Å². The van der Waals surface area contributed by atoms with Crippen molar-refractivity contribution in [2.24, 2.45) is 5.41 Å². The zero-order chi connectivity index (χ0) is 13.2. The quantitative estimate of drug-likeness (QED) is 0.846. The first-order valence-corrected chi connectivity index (χ1v) is 6.49. The van der Waals surface area contributed by atoms with Crippen molar-refractivity contribution >= 4 is 5.91 Å². The van der Waals surface area contributed by atoms with Gasteiger partial charge in [0, 0.05) is 6.54 Å². The van der Waals surface area contributed by atoms with Gasteiger partial charge < -0.3 is 15.1 Å². The summed E-state index contributed by atoms with van der Waals surface area (Å²) in [7, 11) is 0. The molecule has 0 aliphatic carbocycles. The van der Waals surface area contributed by atoms with Crippen molar-refractivity contribution in [2.45, 2.75) is 40.2 Å². The van der Waals surface area contributed by atoms with E-state index in [0.717, 1.165) is 37.4 Å². The Hall–Kier alpha value is -1.36. The molecule has 0 saturated carbocycles. The van der Waals surface area contributed by atoms with Gasteiger partial charge in [-0.1, -0.05) is 6.92 Å². The minimum Gasteiger partial charge on any atom is -0.444 e. The van der Waals surface area contributed by atoms with Gasteiger partial charge in [-0.05, 0) is 33.2 Å². The number of hydrogen-bond donors (Lipinski definition) is 2. The highest BCUT2D eigenvalue weighted by molar-refractivity contribution is 5.83. The Bertz CT molecular complexity index is 414. The third-order valence-corrected chi connectivity index (χ3v) is 3.88. The van der Waals surface area contributed by atoms with Crippen molar-refractivity contribution in [1.82, 2.24) is 15.6 Å². The summed E-state index contributed by atoms with van der Waals surface area (Å²) in [6.45, 7) is 7.89. The van der Waals surface area contributed by atoms with Crippen LogP contribution in [0, 0.1) is 19.3 Å². The summed E-state index contributed by atoms with van der Waals surface area (Å²) in [6, 6.07) is 0. The smallest absolute Gasteiger partial charge is 0.227 e. The molecule has 2 rings (SSSR count). The number of aromatic nitrogens is 1. The monoisotopic (exact) mass is 251 g/mol. The third-order valence-electron chi connectivity index (χ3n) is 3.88. The molecule has 100 valence electrons. The fourth-order valence-corrected chi connectivity index (χ4v) is 2.36. The predicted molar refractivity (Wildman–Crippen MR) is 68.0 cm³/mol. The molecule has 0 spiro atoms. The number of oxazole rings is 1. The number of carbonyl (C=O) groups is 1. The molecule has 5 heteroatoms. The molecule has 1 unspecified atom stereocenters. The topological polar surface area (TPSA) is 67.2 Å². The molecular formula is C13H21N3O2. The van der Waals surface area contributed by atoms with E-state index < -0.39 is 0 Å². The SMILES string of the molecule is CCC1(C(=O)NCc2nc(C)c(C)o2)CCNC1. The first kappa shape index (κ1) is 13.1. The molecule has 0 radical (unpaired) electrons. The van der Waals surface area contributed by atoms with Crippen LogP contribution in [0.4, 0.5) is 0 Å². The lowest BCUT2D eigenvalue weighted by molar-refractivity contribution is -0.130. The average molecular weight is 251 g/mol. The third kappa shape index (κ3) is 2.41. The van der Waals surface area contributed by atoms with E-state index >= 15 is 0 Å². The van der Waals surface area contributed by atoms with Gasteiger partial charge in [0.2, 0.25) is 11.8 Å². The number of nitrogens with zero attached hydrogens (tertiary/aromatic N) is 1. The molecule has 0 bridgehead atoms. The Morgan fingerprint density at radius 2 is 2.33 bits per heavy atom. The molecule has 0 aromatic carbocycles. The van der Waals surface area contributed by atoms with Crippen molar-refractivity contribution in [3.05, 3.63) is 17.3 Å². The summed E-state index contributed by atoms with van der Waals surface area (Å²) in [5, 5.41) is 6.19.